The largest absolute Gasteiger partial charge is 0.467 e. The molecule has 7 heteroatoms. The molecule has 2 aromatic rings. The van der Waals surface area contributed by atoms with Crippen molar-refractivity contribution in [3.8, 4) is 0 Å². The highest BCUT2D eigenvalue weighted by Crippen LogP contribution is 2.33. The summed E-state index contributed by atoms with van der Waals surface area (Å²) >= 11 is 0. The number of ether oxygens (including phenoxy) is 2. The maximum absolute atomic E-state index is 12.5. The molecule has 2 heterocycles. The van der Waals surface area contributed by atoms with Crippen LogP contribution in [-0.4, -0.2) is 42.9 Å². The maximum Gasteiger partial charge on any atom is 0.332 e. The van der Waals surface area contributed by atoms with Crippen LogP contribution in [-0.2, 0) is 19.1 Å². The third-order valence-corrected chi connectivity index (χ3v) is 4.04. The summed E-state index contributed by atoms with van der Waals surface area (Å²) < 4.78 is 15.1. The summed E-state index contributed by atoms with van der Waals surface area (Å²) in [5.74, 6) is -0.386. The first-order valence-electron chi connectivity index (χ1n) is 8.23. The molecule has 1 aliphatic rings. The maximum atomic E-state index is 12.5. The van der Waals surface area contributed by atoms with Gasteiger partial charge in [0.15, 0.2) is 6.61 Å². The predicted molar refractivity (Wildman–Crippen MR) is 93.5 cm³/mol. The molecule has 0 bridgehead atoms. The SMILES string of the molecule is COCC(=O)OCC(=O)N1N=C(c2ccc(C)cc2)C[C@@H]1c1ccco1. The summed E-state index contributed by atoms with van der Waals surface area (Å²) in [5.41, 5.74) is 2.87. The Morgan fingerprint density at radius 1 is 1.23 bits per heavy atom. The van der Waals surface area contributed by atoms with E-state index in [9.17, 15) is 9.59 Å². The highest BCUT2D eigenvalue weighted by atomic mass is 16.6. The van der Waals surface area contributed by atoms with Crippen molar-refractivity contribution in [1.82, 2.24) is 5.01 Å². The summed E-state index contributed by atoms with van der Waals surface area (Å²) in [6, 6.07) is 11.1. The Hall–Kier alpha value is -2.93. The number of methoxy groups -OCH3 is 1. The number of nitrogens with zero attached hydrogens (tertiary/aromatic N) is 2. The predicted octanol–water partition coefficient (Wildman–Crippen LogP) is 2.46. The van der Waals surface area contributed by atoms with Gasteiger partial charge >= 0.3 is 5.97 Å². The molecular formula is C19H20N2O5. The van der Waals surface area contributed by atoms with Gasteiger partial charge in [0.05, 0.1) is 12.0 Å². The standard InChI is InChI=1S/C19H20N2O5/c1-13-5-7-14(8-6-13)15-10-16(17-4-3-9-25-17)21(20-15)18(22)11-26-19(23)12-24-2/h3-9,16H,10-12H2,1-2H3/t16-/m1/s1. The molecule has 0 spiro atoms. The average Bonchev–Trinajstić information content (AvgIpc) is 3.30. The molecule has 0 N–H and O–H groups in total. The Morgan fingerprint density at radius 2 is 2.00 bits per heavy atom. The molecule has 26 heavy (non-hydrogen) atoms. The van der Waals surface area contributed by atoms with Crippen LogP contribution in [0.25, 0.3) is 0 Å². The molecule has 1 aromatic heterocycles. The van der Waals surface area contributed by atoms with Crippen LogP contribution in [0, 0.1) is 6.92 Å². The number of hydrogen-bond acceptors (Lipinski definition) is 6. The lowest BCUT2D eigenvalue weighted by Crippen LogP contribution is -2.31. The lowest BCUT2D eigenvalue weighted by molar-refractivity contribution is -0.155. The molecule has 0 saturated heterocycles. The number of esters is 1. The highest BCUT2D eigenvalue weighted by molar-refractivity contribution is 6.03. The Morgan fingerprint density at radius 3 is 2.65 bits per heavy atom. The summed E-state index contributed by atoms with van der Waals surface area (Å²) in [6.07, 6.45) is 2.08. The van der Waals surface area contributed by atoms with E-state index in [1.807, 2.05) is 31.2 Å². The zero-order valence-electron chi connectivity index (χ0n) is 14.7. The van der Waals surface area contributed by atoms with Crippen LogP contribution < -0.4 is 0 Å². The monoisotopic (exact) mass is 356 g/mol. The Kier molecular flexibility index (Phi) is 5.48. The molecule has 1 atom stereocenters. The molecule has 1 amide bonds. The average molecular weight is 356 g/mol. The Labute approximate surface area is 151 Å². The summed E-state index contributed by atoms with van der Waals surface area (Å²) in [7, 11) is 1.38. The van der Waals surface area contributed by atoms with Crippen molar-refractivity contribution in [1.29, 1.82) is 0 Å². The van der Waals surface area contributed by atoms with Crippen LogP contribution in [0.3, 0.4) is 0 Å². The van der Waals surface area contributed by atoms with Gasteiger partial charge in [0.1, 0.15) is 18.4 Å². The first-order valence-corrected chi connectivity index (χ1v) is 8.23. The van der Waals surface area contributed by atoms with Gasteiger partial charge < -0.3 is 13.9 Å². The van der Waals surface area contributed by atoms with Gasteiger partial charge in [0, 0.05) is 13.5 Å². The number of amides is 1. The third-order valence-electron chi connectivity index (χ3n) is 4.04. The normalized spacial score (nSPS) is 16.5. The van der Waals surface area contributed by atoms with E-state index in [0.717, 1.165) is 16.8 Å². The number of furan rings is 1. The van der Waals surface area contributed by atoms with Gasteiger partial charge in [-0.2, -0.15) is 5.10 Å². The van der Waals surface area contributed by atoms with E-state index < -0.39 is 18.5 Å². The molecule has 7 nitrogen and oxygen atoms in total. The number of aryl methyl sites for hydroxylation is 1. The molecular weight excluding hydrogens is 336 g/mol. The van der Waals surface area contributed by atoms with Gasteiger partial charge in [-0.05, 0) is 24.6 Å². The highest BCUT2D eigenvalue weighted by Gasteiger charge is 2.35. The van der Waals surface area contributed by atoms with E-state index in [0.29, 0.717) is 12.2 Å². The van der Waals surface area contributed by atoms with Gasteiger partial charge in [-0.15, -0.1) is 0 Å². The summed E-state index contributed by atoms with van der Waals surface area (Å²) in [4.78, 5) is 24.0. The fourth-order valence-electron chi connectivity index (χ4n) is 2.73. The molecule has 0 fully saturated rings. The minimum atomic E-state index is -0.600. The van der Waals surface area contributed by atoms with Crippen molar-refractivity contribution in [2.24, 2.45) is 5.10 Å². The van der Waals surface area contributed by atoms with Crippen molar-refractivity contribution < 1.29 is 23.5 Å². The molecule has 1 aromatic carbocycles. The van der Waals surface area contributed by atoms with Crippen LogP contribution in [0.4, 0.5) is 0 Å². The van der Waals surface area contributed by atoms with Crippen LogP contribution >= 0.6 is 0 Å². The quantitative estimate of drug-likeness (QED) is 0.743. The smallest absolute Gasteiger partial charge is 0.332 e. The molecule has 0 saturated carbocycles. The second-order valence-corrected chi connectivity index (χ2v) is 5.98. The zero-order valence-corrected chi connectivity index (χ0v) is 14.7. The van der Waals surface area contributed by atoms with E-state index in [4.69, 9.17) is 9.15 Å². The number of carbonyl (C=O) groups is 2. The van der Waals surface area contributed by atoms with Crippen LogP contribution in [0.15, 0.2) is 52.2 Å². The van der Waals surface area contributed by atoms with Gasteiger partial charge in [-0.25, -0.2) is 9.80 Å². The minimum Gasteiger partial charge on any atom is -0.467 e. The lowest BCUT2D eigenvalue weighted by Gasteiger charge is -2.19. The summed E-state index contributed by atoms with van der Waals surface area (Å²) in [5, 5.41) is 5.79. The second-order valence-electron chi connectivity index (χ2n) is 5.98. The second kappa shape index (κ2) is 7.97. The number of carbonyl (C=O) groups excluding carboxylic acids is 2. The fourth-order valence-corrected chi connectivity index (χ4v) is 2.73. The van der Waals surface area contributed by atoms with Crippen LogP contribution in [0.1, 0.15) is 29.3 Å². The third kappa shape index (κ3) is 4.00. The van der Waals surface area contributed by atoms with E-state index >= 15 is 0 Å². The first-order chi connectivity index (χ1) is 12.6. The van der Waals surface area contributed by atoms with Crippen molar-refractivity contribution in [3.63, 3.8) is 0 Å². The fraction of sp³-hybridized carbons (Fsp3) is 0.316. The number of hydrazone groups is 1. The molecule has 1 aliphatic heterocycles. The van der Waals surface area contributed by atoms with E-state index in [-0.39, 0.29) is 12.6 Å². The van der Waals surface area contributed by atoms with Gasteiger partial charge in [0.2, 0.25) is 0 Å². The van der Waals surface area contributed by atoms with Gasteiger partial charge in [-0.1, -0.05) is 29.8 Å². The zero-order chi connectivity index (χ0) is 18.5. The molecule has 0 radical (unpaired) electrons. The molecule has 3 rings (SSSR count). The molecule has 0 aliphatic carbocycles. The Bertz CT molecular complexity index is 796. The summed E-state index contributed by atoms with van der Waals surface area (Å²) in [6.45, 7) is 1.41. The first kappa shape index (κ1) is 17.9. The molecule has 0 unspecified atom stereocenters. The molecule has 136 valence electrons. The van der Waals surface area contributed by atoms with Crippen molar-refractivity contribution in [2.75, 3.05) is 20.3 Å². The Balaban J connectivity index is 1.79. The minimum absolute atomic E-state index is 0.202. The number of hydrogen-bond donors (Lipinski definition) is 0. The van der Waals surface area contributed by atoms with E-state index in [1.54, 1.807) is 18.4 Å². The lowest BCUT2D eigenvalue weighted by atomic mass is 10.0. The topological polar surface area (TPSA) is 81.3 Å². The van der Waals surface area contributed by atoms with Gasteiger partial charge in [-0.3, -0.25) is 4.79 Å². The number of rotatable bonds is 6. The van der Waals surface area contributed by atoms with Crippen molar-refractivity contribution in [2.45, 2.75) is 19.4 Å². The van der Waals surface area contributed by atoms with E-state index in [2.05, 4.69) is 9.84 Å². The van der Waals surface area contributed by atoms with Gasteiger partial charge in [0.25, 0.3) is 5.91 Å². The van der Waals surface area contributed by atoms with Crippen molar-refractivity contribution >= 4 is 17.6 Å². The van der Waals surface area contributed by atoms with Crippen molar-refractivity contribution in [3.05, 3.63) is 59.5 Å². The van der Waals surface area contributed by atoms with Crippen LogP contribution in [0.2, 0.25) is 0 Å². The van der Waals surface area contributed by atoms with Crippen LogP contribution in [0.5, 0.6) is 0 Å². The number of benzene rings is 1. The van der Waals surface area contributed by atoms with E-state index in [1.165, 1.54) is 12.1 Å².